The van der Waals surface area contributed by atoms with Gasteiger partial charge >= 0.3 is 0 Å². The summed E-state index contributed by atoms with van der Waals surface area (Å²) in [4.78, 5) is 8.18. The van der Waals surface area contributed by atoms with Crippen LogP contribution in [0.3, 0.4) is 0 Å². The van der Waals surface area contributed by atoms with Gasteiger partial charge in [-0.15, -0.1) is 0 Å². The summed E-state index contributed by atoms with van der Waals surface area (Å²) in [6, 6.07) is 9.97. The van der Waals surface area contributed by atoms with E-state index in [0.717, 1.165) is 22.4 Å². The Morgan fingerprint density at radius 2 is 1.85 bits per heavy atom. The molecule has 0 atom stereocenters. The normalized spacial score (nSPS) is 10.4. The molecule has 0 aliphatic rings. The highest BCUT2D eigenvalue weighted by molar-refractivity contribution is 5.46. The lowest BCUT2D eigenvalue weighted by Gasteiger charge is -2.11. The zero-order valence-corrected chi connectivity index (χ0v) is 15.0. The molecule has 0 saturated carbocycles. The standard InChI is InChI=1S/C20H20N4O2/c1-13-8-14(2)19(15(3)9-13)25-12-18-24-17(10-21)20(26-18)23-11-16-4-6-22-7-5-16/h4-9,23H,11-12H2,1-3H3. The number of nitrogens with one attached hydrogen (secondary N) is 1. The van der Waals surface area contributed by atoms with E-state index in [1.165, 1.54) is 5.56 Å². The molecule has 2 aromatic heterocycles. The highest BCUT2D eigenvalue weighted by Gasteiger charge is 2.14. The van der Waals surface area contributed by atoms with E-state index in [0.29, 0.717) is 18.3 Å². The molecule has 1 aromatic carbocycles. The van der Waals surface area contributed by atoms with Crippen LogP contribution in [0.15, 0.2) is 41.1 Å². The van der Waals surface area contributed by atoms with Crippen LogP contribution in [-0.2, 0) is 13.2 Å². The maximum absolute atomic E-state index is 9.27. The van der Waals surface area contributed by atoms with E-state index in [1.54, 1.807) is 12.4 Å². The van der Waals surface area contributed by atoms with Gasteiger partial charge in [0.1, 0.15) is 11.8 Å². The molecule has 0 unspecified atom stereocenters. The second-order valence-electron chi connectivity index (χ2n) is 6.12. The van der Waals surface area contributed by atoms with Crippen molar-refractivity contribution >= 4 is 5.88 Å². The number of aromatic nitrogens is 2. The summed E-state index contributed by atoms with van der Waals surface area (Å²) in [5, 5.41) is 12.4. The molecule has 1 N–H and O–H groups in total. The number of rotatable bonds is 6. The molecule has 2 heterocycles. The van der Waals surface area contributed by atoms with Gasteiger partial charge < -0.3 is 14.5 Å². The van der Waals surface area contributed by atoms with Crippen LogP contribution in [0.5, 0.6) is 5.75 Å². The number of nitriles is 1. The monoisotopic (exact) mass is 348 g/mol. The van der Waals surface area contributed by atoms with Crippen molar-refractivity contribution in [1.82, 2.24) is 9.97 Å². The highest BCUT2D eigenvalue weighted by atomic mass is 16.5. The van der Waals surface area contributed by atoms with Crippen LogP contribution in [0.4, 0.5) is 5.88 Å². The second kappa shape index (κ2) is 7.70. The van der Waals surface area contributed by atoms with Gasteiger partial charge in [-0.1, -0.05) is 17.7 Å². The van der Waals surface area contributed by atoms with Gasteiger partial charge in [-0.3, -0.25) is 4.98 Å². The van der Waals surface area contributed by atoms with Crippen molar-refractivity contribution in [2.24, 2.45) is 0 Å². The number of hydrogen-bond acceptors (Lipinski definition) is 6. The SMILES string of the molecule is Cc1cc(C)c(OCc2nc(C#N)c(NCc3ccncc3)o2)c(C)c1. The Kier molecular flexibility index (Phi) is 5.18. The van der Waals surface area contributed by atoms with Crippen LogP contribution in [-0.4, -0.2) is 9.97 Å². The van der Waals surface area contributed by atoms with Crippen LogP contribution in [0.1, 0.15) is 33.8 Å². The summed E-state index contributed by atoms with van der Waals surface area (Å²) in [6.45, 7) is 6.75. The van der Waals surface area contributed by atoms with Gasteiger partial charge in [-0.05, 0) is 49.6 Å². The van der Waals surface area contributed by atoms with Crippen molar-refractivity contribution in [2.45, 2.75) is 33.9 Å². The predicted molar refractivity (Wildman–Crippen MR) is 97.8 cm³/mol. The van der Waals surface area contributed by atoms with E-state index in [4.69, 9.17) is 9.15 Å². The van der Waals surface area contributed by atoms with Gasteiger partial charge in [0.15, 0.2) is 6.61 Å². The first-order valence-corrected chi connectivity index (χ1v) is 8.30. The summed E-state index contributed by atoms with van der Waals surface area (Å²) in [6.07, 6.45) is 3.43. The maximum Gasteiger partial charge on any atom is 0.236 e. The number of nitrogens with zero attached hydrogens (tertiary/aromatic N) is 3. The third-order valence-electron chi connectivity index (χ3n) is 3.92. The van der Waals surface area contributed by atoms with Crippen LogP contribution in [0.25, 0.3) is 0 Å². The van der Waals surface area contributed by atoms with Gasteiger partial charge in [0, 0.05) is 18.9 Å². The van der Waals surface area contributed by atoms with Crippen molar-refractivity contribution in [3.05, 3.63) is 70.5 Å². The predicted octanol–water partition coefficient (Wildman–Crippen LogP) is 4.06. The zero-order valence-electron chi connectivity index (χ0n) is 15.0. The van der Waals surface area contributed by atoms with Crippen LogP contribution in [0, 0.1) is 32.1 Å². The number of aryl methyl sites for hydroxylation is 3. The van der Waals surface area contributed by atoms with E-state index < -0.39 is 0 Å². The lowest BCUT2D eigenvalue weighted by molar-refractivity contribution is 0.261. The minimum Gasteiger partial charge on any atom is -0.483 e. The summed E-state index contributed by atoms with van der Waals surface area (Å²) in [5.41, 5.74) is 4.56. The molecule has 3 aromatic rings. The van der Waals surface area contributed by atoms with Crippen LogP contribution in [0.2, 0.25) is 0 Å². The van der Waals surface area contributed by atoms with Gasteiger partial charge in [-0.2, -0.15) is 10.2 Å². The molecule has 0 bridgehead atoms. The summed E-state index contributed by atoms with van der Waals surface area (Å²) < 4.78 is 11.5. The molecule has 26 heavy (non-hydrogen) atoms. The fourth-order valence-corrected chi connectivity index (χ4v) is 2.83. The van der Waals surface area contributed by atoms with Crippen molar-refractivity contribution < 1.29 is 9.15 Å². The molecular formula is C20H20N4O2. The number of pyridine rings is 1. The molecule has 132 valence electrons. The van der Waals surface area contributed by atoms with Gasteiger partial charge in [0.05, 0.1) is 0 Å². The smallest absolute Gasteiger partial charge is 0.236 e. The van der Waals surface area contributed by atoms with Crippen molar-refractivity contribution in [1.29, 1.82) is 5.26 Å². The van der Waals surface area contributed by atoms with E-state index in [2.05, 4.69) is 34.3 Å². The zero-order chi connectivity index (χ0) is 18.5. The quantitative estimate of drug-likeness (QED) is 0.723. The molecule has 0 fully saturated rings. The van der Waals surface area contributed by atoms with E-state index >= 15 is 0 Å². The largest absolute Gasteiger partial charge is 0.483 e. The molecule has 0 aliphatic carbocycles. The third kappa shape index (κ3) is 4.01. The fraction of sp³-hybridized carbons (Fsp3) is 0.250. The Labute approximate surface area is 152 Å². The third-order valence-corrected chi connectivity index (χ3v) is 3.92. The first-order chi connectivity index (χ1) is 12.6. The number of anilines is 1. The topological polar surface area (TPSA) is 84.0 Å². The second-order valence-corrected chi connectivity index (χ2v) is 6.12. The van der Waals surface area contributed by atoms with E-state index in [1.807, 2.05) is 32.0 Å². The van der Waals surface area contributed by atoms with Crippen molar-refractivity contribution in [3.63, 3.8) is 0 Å². The Morgan fingerprint density at radius 3 is 2.50 bits per heavy atom. The minimum atomic E-state index is 0.163. The fourth-order valence-electron chi connectivity index (χ4n) is 2.83. The molecule has 0 saturated heterocycles. The van der Waals surface area contributed by atoms with E-state index in [-0.39, 0.29) is 12.3 Å². The average molecular weight is 348 g/mol. The van der Waals surface area contributed by atoms with Crippen LogP contribution >= 0.6 is 0 Å². The van der Waals surface area contributed by atoms with Gasteiger partial charge in [0.2, 0.25) is 17.5 Å². The molecule has 6 heteroatoms. The molecular weight excluding hydrogens is 328 g/mol. The Hall–Kier alpha value is -3.33. The number of hydrogen-bond donors (Lipinski definition) is 1. The number of oxazole rings is 1. The minimum absolute atomic E-state index is 0.163. The van der Waals surface area contributed by atoms with Crippen molar-refractivity contribution in [2.75, 3.05) is 5.32 Å². The summed E-state index contributed by atoms with van der Waals surface area (Å²) in [7, 11) is 0. The highest BCUT2D eigenvalue weighted by Crippen LogP contribution is 2.26. The maximum atomic E-state index is 9.27. The first-order valence-electron chi connectivity index (χ1n) is 8.30. The summed E-state index contributed by atoms with van der Waals surface area (Å²) in [5.74, 6) is 1.53. The number of benzene rings is 1. The Balaban J connectivity index is 1.70. The van der Waals surface area contributed by atoms with Gasteiger partial charge in [0.25, 0.3) is 0 Å². The molecule has 6 nitrogen and oxygen atoms in total. The number of ether oxygens (including phenoxy) is 1. The lowest BCUT2D eigenvalue weighted by atomic mass is 10.1. The summed E-state index contributed by atoms with van der Waals surface area (Å²) >= 11 is 0. The average Bonchev–Trinajstić information content (AvgIpc) is 3.02. The lowest BCUT2D eigenvalue weighted by Crippen LogP contribution is -2.00. The first kappa shape index (κ1) is 17.5. The Morgan fingerprint density at radius 1 is 1.15 bits per heavy atom. The molecule has 3 rings (SSSR count). The van der Waals surface area contributed by atoms with Crippen LogP contribution < -0.4 is 10.1 Å². The molecule has 0 aliphatic heterocycles. The molecule has 0 amide bonds. The van der Waals surface area contributed by atoms with Gasteiger partial charge in [-0.25, -0.2) is 0 Å². The molecule has 0 radical (unpaired) electrons. The van der Waals surface area contributed by atoms with E-state index in [9.17, 15) is 5.26 Å². The Bertz CT molecular complexity index is 919. The van der Waals surface area contributed by atoms with Crippen molar-refractivity contribution in [3.8, 4) is 11.8 Å². The molecule has 0 spiro atoms.